The van der Waals surface area contributed by atoms with E-state index >= 15 is 0 Å². The molecule has 5 nitrogen and oxygen atoms in total. The molecule has 2 atom stereocenters. The number of aryl methyl sites for hydroxylation is 1. The van der Waals surface area contributed by atoms with Crippen LogP contribution in [0.25, 0.3) is 11.0 Å². The number of ether oxygens (including phenoxy) is 2. The quantitative estimate of drug-likeness (QED) is 0.804. The zero-order chi connectivity index (χ0) is 15.9. The van der Waals surface area contributed by atoms with Gasteiger partial charge in [0, 0.05) is 5.69 Å². The summed E-state index contributed by atoms with van der Waals surface area (Å²) in [4.78, 5) is 8.41. The van der Waals surface area contributed by atoms with Crippen LogP contribution in [0.4, 0.5) is 0 Å². The average molecular weight is 324 g/mol. The summed E-state index contributed by atoms with van der Waals surface area (Å²) in [5.41, 5.74) is 1.78. The second kappa shape index (κ2) is 5.80. The van der Waals surface area contributed by atoms with E-state index in [1.54, 1.807) is 0 Å². The second-order valence-electron chi connectivity index (χ2n) is 6.77. The first kappa shape index (κ1) is 15.7. The molecule has 1 aliphatic rings. The third-order valence-electron chi connectivity index (χ3n) is 3.85. The van der Waals surface area contributed by atoms with Crippen molar-refractivity contribution in [3.63, 3.8) is 0 Å². The molecule has 22 heavy (non-hydrogen) atoms. The van der Waals surface area contributed by atoms with E-state index < -0.39 is 0 Å². The highest BCUT2D eigenvalue weighted by molar-refractivity contribution is 6.33. The largest absolute Gasteiger partial charge is 0.373 e. The molecule has 2 aromatic rings. The Balaban J connectivity index is 1.79. The first-order chi connectivity index (χ1) is 10.3. The van der Waals surface area contributed by atoms with Crippen LogP contribution in [0.3, 0.4) is 0 Å². The van der Waals surface area contributed by atoms with Gasteiger partial charge in [0.05, 0.1) is 23.7 Å². The van der Waals surface area contributed by atoms with Gasteiger partial charge in [-0.2, -0.15) is 0 Å². The first-order valence-corrected chi connectivity index (χ1v) is 8.00. The lowest BCUT2D eigenvalue weighted by molar-refractivity contribution is -0.0820. The van der Waals surface area contributed by atoms with Crippen LogP contribution in [-0.4, -0.2) is 32.8 Å². The van der Waals surface area contributed by atoms with Crippen molar-refractivity contribution in [1.29, 1.82) is 0 Å². The van der Waals surface area contributed by atoms with Gasteiger partial charge in [-0.15, -0.1) is 0 Å². The van der Waals surface area contributed by atoms with E-state index in [4.69, 9.17) is 21.1 Å². The SMILES string of the molecule is Cc1cc2c(Cl)ncnc2n1C1CCC(COC(C)(C)C)O1. The monoisotopic (exact) mass is 323 g/mol. The summed E-state index contributed by atoms with van der Waals surface area (Å²) in [6.45, 7) is 8.83. The van der Waals surface area contributed by atoms with E-state index in [1.165, 1.54) is 6.33 Å². The van der Waals surface area contributed by atoms with E-state index in [-0.39, 0.29) is 17.9 Å². The number of aromatic nitrogens is 3. The summed E-state index contributed by atoms with van der Waals surface area (Å²) in [6.07, 6.45) is 3.54. The van der Waals surface area contributed by atoms with Crippen molar-refractivity contribution >= 4 is 22.6 Å². The van der Waals surface area contributed by atoms with Crippen LogP contribution in [-0.2, 0) is 9.47 Å². The zero-order valence-corrected chi connectivity index (χ0v) is 14.2. The molecule has 1 aliphatic heterocycles. The molecule has 2 unspecified atom stereocenters. The molecular formula is C16H22ClN3O2. The predicted molar refractivity (Wildman–Crippen MR) is 86.1 cm³/mol. The van der Waals surface area contributed by atoms with Crippen molar-refractivity contribution in [2.45, 2.75) is 58.5 Å². The van der Waals surface area contributed by atoms with Crippen LogP contribution >= 0.6 is 11.6 Å². The highest BCUT2D eigenvalue weighted by atomic mass is 35.5. The molecule has 0 amide bonds. The summed E-state index contributed by atoms with van der Waals surface area (Å²) in [6, 6.07) is 2.01. The maximum atomic E-state index is 6.16. The van der Waals surface area contributed by atoms with E-state index in [2.05, 4.69) is 35.3 Å². The van der Waals surface area contributed by atoms with Crippen molar-refractivity contribution in [2.24, 2.45) is 0 Å². The van der Waals surface area contributed by atoms with Gasteiger partial charge in [-0.1, -0.05) is 11.6 Å². The molecule has 1 fully saturated rings. The Kier molecular flexibility index (Phi) is 4.14. The Morgan fingerprint density at radius 2 is 2.14 bits per heavy atom. The Bertz CT molecular complexity index is 678. The van der Waals surface area contributed by atoms with Crippen LogP contribution in [0.2, 0.25) is 5.15 Å². The molecule has 0 bridgehead atoms. The fourth-order valence-electron chi connectivity index (χ4n) is 2.83. The molecule has 0 aromatic carbocycles. The Morgan fingerprint density at radius 1 is 1.36 bits per heavy atom. The van der Waals surface area contributed by atoms with Gasteiger partial charge in [0.1, 0.15) is 23.4 Å². The van der Waals surface area contributed by atoms with Crippen LogP contribution in [0, 0.1) is 6.92 Å². The molecule has 0 spiro atoms. The van der Waals surface area contributed by atoms with Gasteiger partial charge in [0.2, 0.25) is 0 Å². The maximum absolute atomic E-state index is 6.16. The molecule has 0 N–H and O–H groups in total. The van der Waals surface area contributed by atoms with Crippen LogP contribution in [0.15, 0.2) is 12.4 Å². The average Bonchev–Trinajstić information content (AvgIpc) is 3.00. The topological polar surface area (TPSA) is 49.2 Å². The van der Waals surface area contributed by atoms with Crippen molar-refractivity contribution in [1.82, 2.24) is 14.5 Å². The lowest BCUT2D eigenvalue weighted by Crippen LogP contribution is -2.26. The standard InChI is InChI=1S/C16H22ClN3O2/c1-10-7-12-14(17)18-9-19-15(12)20(10)13-6-5-11(22-13)8-21-16(2,3)4/h7,9,11,13H,5-6,8H2,1-4H3. The van der Waals surface area contributed by atoms with Crippen molar-refractivity contribution < 1.29 is 9.47 Å². The molecule has 3 rings (SSSR count). The minimum Gasteiger partial charge on any atom is -0.373 e. The van der Waals surface area contributed by atoms with Gasteiger partial charge < -0.3 is 14.0 Å². The first-order valence-electron chi connectivity index (χ1n) is 7.62. The van der Waals surface area contributed by atoms with Crippen LogP contribution < -0.4 is 0 Å². The molecule has 0 aliphatic carbocycles. The summed E-state index contributed by atoms with van der Waals surface area (Å²) >= 11 is 6.15. The van der Waals surface area contributed by atoms with Gasteiger partial charge in [-0.05, 0) is 46.6 Å². The van der Waals surface area contributed by atoms with E-state index in [0.29, 0.717) is 11.8 Å². The van der Waals surface area contributed by atoms with Crippen LogP contribution in [0.1, 0.15) is 45.5 Å². The summed E-state index contributed by atoms with van der Waals surface area (Å²) < 4.78 is 14.1. The van der Waals surface area contributed by atoms with Crippen molar-refractivity contribution in [3.05, 3.63) is 23.2 Å². The number of rotatable bonds is 3. The maximum Gasteiger partial charge on any atom is 0.147 e. The smallest absolute Gasteiger partial charge is 0.147 e. The number of halogens is 1. The van der Waals surface area contributed by atoms with Crippen LogP contribution in [0.5, 0.6) is 0 Å². The van der Waals surface area contributed by atoms with Gasteiger partial charge in [-0.3, -0.25) is 0 Å². The molecule has 1 saturated heterocycles. The minimum absolute atomic E-state index is 0.0166. The molecule has 0 radical (unpaired) electrons. The van der Waals surface area contributed by atoms with Gasteiger partial charge in [0.25, 0.3) is 0 Å². The Morgan fingerprint density at radius 3 is 2.86 bits per heavy atom. The van der Waals surface area contributed by atoms with Crippen molar-refractivity contribution in [3.8, 4) is 0 Å². The molecule has 6 heteroatoms. The fourth-order valence-corrected chi connectivity index (χ4v) is 3.02. The van der Waals surface area contributed by atoms with E-state index in [1.807, 2.05) is 13.0 Å². The Labute approximate surface area is 135 Å². The van der Waals surface area contributed by atoms with Gasteiger partial charge in [-0.25, -0.2) is 9.97 Å². The van der Waals surface area contributed by atoms with E-state index in [9.17, 15) is 0 Å². The van der Waals surface area contributed by atoms with Crippen molar-refractivity contribution in [2.75, 3.05) is 6.61 Å². The molecule has 120 valence electrons. The Hall–Kier alpha value is -1.17. The number of fused-ring (bicyclic) bond motifs is 1. The summed E-state index contributed by atoms with van der Waals surface area (Å²) in [5, 5.41) is 1.36. The zero-order valence-electron chi connectivity index (χ0n) is 13.5. The number of hydrogen-bond acceptors (Lipinski definition) is 4. The summed E-state index contributed by atoms with van der Waals surface area (Å²) in [5.74, 6) is 0. The van der Waals surface area contributed by atoms with Gasteiger partial charge >= 0.3 is 0 Å². The fraction of sp³-hybridized carbons (Fsp3) is 0.625. The van der Waals surface area contributed by atoms with Gasteiger partial charge in [0.15, 0.2) is 0 Å². The lowest BCUT2D eigenvalue weighted by Gasteiger charge is -2.23. The normalized spacial score (nSPS) is 22.6. The third-order valence-corrected chi connectivity index (χ3v) is 4.15. The number of nitrogens with zero attached hydrogens (tertiary/aromatic N) is 3. The van der Waals surface area contributed by atoms with E-state index in [0.717, 1.165) is 29.6 Å². The highest BCUT2D eigenvalue weighted by Gasteiger charge is 2.30. The second-order valence-corrected chi connectivity index (χ2v) is 7.13. The third kappa shape index (κ3) is 3.12. The molecule has 0 saturated carbocycles. The summed E-state index contributed by atoms with van der Waals surface area (Å²) in [7, 11) is 0. The minimum atomic E-state index is -0.141. The number of hydrogen-bond donors (Lipinski definition) is 0. The molecule has 2 aromatic heterocycles. The lowest BCUT2D eigenvalue weighted by atomic mass is 10.2. The predicted octanol–water partition coefficient (Wildman–Crippen LogP) is 3.89. The highest BCUT2D eigenvalue weighted by Crippen LogP contribution is 2.34. The molecular weight excluding hydrogens is 302 g/mol. The molecule has 3 heterocycles.